The minimum absolute atomic E-state index is 0.0694. The summed E-state index contributed by atoms with van der Waals surface area (Å²) in [5, 5.41) is 9.11. The van der Waals surface area contributed by atoms with Gasteiger partial charge >= 0.3 is 0 Å². The van der Waals surface area contributed by atoms with Gasteiger partial charge in [-0.1, -0.05) is 13.8 Å². The summed E-state index contributed by atoms with van der Waals surface area (Å²) in [6, 6.07) is 0. The molecule has 0 saturated carbocycles. The highest BCUT2D eigenvalue weighted by Crippen LogP contribution is 2.35. The fourth-order valence-corrected chi connectivity index (χ4v) is 1.39. The monoisotopic (exact) mass is 144 g/mol. The molecule has 0 amide bonds. The standard InChI is InChI=1S/C8H16O2/c1-7(2)8(5-9)3-4-10-6-8/h7,9H,3-6H2,1-2H3/t8-/m0/s1. The van der Waals surface area contributed by atoms with E-state index in [1.807, 2.05) is 0 Å². The Morgan fingerprint density at radius 3 is 2.50 bits per heavy atom. The number of hydrogen-bond acceptors (Lipinski definition) is 2. The van der Waals surface area contributed by atoms with Crippen LogP contribution < -0.4 is 0 Å². The van der Waals surface area contributed by atoms with Gasteiger partial charge in [0.2, 0.25) is 0 Å². The molecule has 1 rings (SSSR count). The molecule has 1 aliphatic heterocycles. The predicted octanol–water partition coefficient (Wildman–Crippen LogP) is 1.04. The van der Waals surface area contributed by atoms with Crippen molar-refractivity contribution < 1.29 is 9.84 Å². The molecule has 1 saturated heterocycles. The Hall–Kier alpha value is -0.0800. The van der Waals surface area contributed by atoms with E-state index in [0.29, 0.717) is 5.92 Å². The van der Waals surface area contributed by atoms with Crippen LogP contribution in [0.3, 0.4) is 0 Å². The molecular weight excluding hydrogens is 128 g/mol. The third-order valence-corrected chi connectivity index (χ3v) is 2.67. The summed E-state index contributed by atoms with van der Waals surface area (Å²) in [6.07, 6.45) is 1.02. The summed E-state index contributed by atoms with van der Waals surface area (Å²) in [5.74, 6) is 0.528. The van der Waals surface area contributed by atoms with Gasteiger partial charge in [0, 0.05) is 12.0 Å². The number of aliphatic hydroxyl groups is 1. The van der Waals surface area contributed by atoms with E-state index in [9.17, 15) is 0 Å². The van der Waals surface area contributed by atoms with Gasteiger partial charge in [0.05, 0.1) is 13.2 Å². The van der Waals surface area contributed by atoms with Crippen LogP contribution >= 0.6 is 0 Å². The molecule has 0 unspecified atom stereocenters. The van der Waals surface area contributed by atoms with Crippen LogP contribution in [0.2, 0.25) is 0 Å². The lowest BCUT2D eigenvalue weighted by molar-refractivity contribution is 0.0569. The second-order valence-corrected chi connectivity index (χ2v) is 3.48. The van der Waals surface area contributed by atoms with E-state index < -0.39 is 0 Å². The van der Waals surface area contributed by atoms with Crippen LogP contribution in [-0.4, -0.2) is 24.9 Å². The highest BCUT2D eigenvalue weighted by atomic mass is 16.5. The van der Waals surface area contributed by atoms with Crippen LogP contribution in [-0.2, 0) is 4.74 Å². The van der Waals surface area contributed by atoms with Gasteiger partial charge in [-0.05, 0) is 12.3 Å². The molecular formula is C8H16O2. The minimum atomic E-state index is 0.0694. The lowest BCUT2D eigenvalue weighted by Crippen LogP contribution is -2.31. The van der Waals surface area contributed by atoms with Crippen molar-refractivity contribution in [1.29, 1.82) is 0 Å². The van der Waals surface area contributed by atoms with Gasteiger partial charge in [0.25, 0.3) is 0 Å². The smallest absolute Gasteiger partial charge is 0.0547 e. The van der Waals surface area contributed by atoms with Crippen molar-refractivity contribution >= 4 is 0 Å². The minimum Gasteiger partial charge on any atom is -0.396 e. The third kappa shape index (κ3) is 1.18. The molecule has 0 spiro atoms. The summed E-state index contributed by atoms with van der Waals surface area (Å²) in [7, 11) is 0. The van der Waals surface area contributed by atoms with E-state index >= 15 is 0 Å². The molecule has 0 aromatic carbocycles. The lowest BCUT2D eigenvalue weighted by Gasteiger charge is -2.28. The van der Waals surface area contributed by atoms with Gasteiger partial charge in [-0.3, -0.25) is 0 Å². The van der Waals surface area contributed by atoms with Gasteiger partial charge in [-0.2, -0.15) is 0 Å². The van der Waals surface area contributed by atoms with Crippen LogP contribution in [0.15, 0.2) is 0 Å². The van der Waals surface area contributed by atoms with Crippen LogP contribution in [0.1, 0.15) is 20.3 Å². The maximum atomic E-state index is 9.11. The molecule has 1 fully saturated rings. The molecule has 0 bridgehead atoms. The Kier molecular flexibility index (Phi) is 2.32. The van der Waals surface area contributed by atoms with Crippen LogP contribution in [0.5, 0.6) is 0 Å². The largest absolute Gasteiger partial charge is 0.396 e. The van der Waals surface area contributed by atoms with Crippen molar-refractivity contribution in [3.05, 3.63) is 0 Å². The molecule has 0 aromatic heterocycles. The average molecular weight is 144 g/mol. The molecule has 1 N–H and O–H groups in total. The van der Waals surface area contributed by atoms with Crippen molar-refractivity contribution in [2.45, 2.75) is 20.3 Å². The molecule has 0 aromatic rings. The number of hydrogen-bond donors (Lipinski definition) is 1. The zero-order valence-corrected chi connectivity index (χ0v) is 6.76. The van der Waals surface area contributed by atoms with Gasteiger partial charge in [-0.25, -0.2) is 0 Å². The second kappa shape index (κ2) is 2.89. The highest BCUT2D eigenvalue weighted by Gasteiger charge is 2.37. The van der Waals surface area contributed by atoms with Crippen molar-refractivity contribution in [2.24, 2.45) is 11.3 Å². The van der Waals surface area contributed by atoms with Crippen molar-refractivity contribution in [1.82, 2.24) is 0 Å². The van der Waals surface area contributed by atoms with E-state index in [4.69, 9.17) is 9.84 Å². The number of aliphatic hydroxyl groups excluding tert-OH is 1. The first kappa shape index (κ1) is 8.02. The molecule has 0 radical (unpaired) electrons. The van der Waals surface area contributed by atoms with E-state index in [0.717, 1.165) is 19.6 Å². The summed E-state index contributed by atoms with van der Waals surface area (Å²) in [5.41, 5.74) is 0.0694. The summed E-state index contributed by atoms with van der Waals surface area (Å²) < 4.78 is 5.25. The average Bonchev–Trinajstić information content (AvgIpc) is 2.35. The summed E-state index contributed by atoms with van der Waals surface area (Å²) in [6.45, 7) is 6.11. The first-order valence-corrected chi connectivity index (χ1v) is 3.90. The number of ether oxygens (including phenoxy) is 1. The lowest BCUT2D eigenvalue weighted by atomic mass is 9.77. The molecule has 1 aliphatic rings. The fraction of sp³-hybridized carbons (Fsp3) is 1.00. The molecule has 1 heterocycles. The van der Waals surface area contributed by atoms with E-state index in [1.165, 1.54) is 0 Å². The fourth-order valence-electron chi connectivity index (χ4n) is 1.39. The van der Waals surface area contributed by atoms with Gasteiger partial charge in [-0.15, -0.1) is 0 Å². The number of rotatable bonds is 2. The van der Waals surface area contributed by atoms with Gasteiger partial charge < -0.3 is 9.84 Å². The highest BCUT2D eigenvalue weighted by molar-refractivity contribution is 4.85. The molecule has 60 valence electrons. The maximum Gasteiger partial charge on any atom is 0.0547 e. The van der Waals surface area contributed by atoms with Crippen molar-refractivity contribution in [3.8, 4) is 0 Å². The normalized spacial score (nSPS) is 33.6. The SMILES string of the molecule is CC(C)[C@]1(CO)CCOC1. The summed E-state index contributed by atoms with van der Waals surface area (Å²) in [4.78, 5) is 0. The zero-order valence-electron chi connectivity index (χ0n) is 6.76. The molecule has 10 heavy (non-hydrogen) atoms. The van der Waals surface area contributed by atoms with Gasteiger partial charge in [0.15, 0.2) is 0 Å². The Balaban J connectivity index is 2.58. The molecule has 2 nitrogen and oxygen atoms in total. The van der Waals surface area contributed by atoms with Crippen molar-refractivity contribution in [3.63, 3.8) is 0 Å². The second-order valence-electron chi connectivity index (χ2n) is 3.48. The zero-order chi connectivity index (χ0) is 7.61. The van der Waals surface area contributed by atoms with E-state index in [2.05, 4.69) is 13.8 Å². The predicted molar refractivity (Wildman–Crippen MR) is 39.8 cm³/mol. The van der Waals surface area contributed by atoms with Crippen LogP contribution in [0, 0.1) is 11.3 Å². The molecule has 1 atom stereocenters. The first-order chi connectivity index (χ1) is 4.71. The maximum absolute atomic E-state index is 9.11. The van der Waals surface area contributed by atoms with Crippen LogP contribution in [0.25, 0.3) is 0 Å². The Bertz CT molecular complexity index is 104. The Morgan fingerprint density at radius 1 is 1.60 bits per heavy atom. The van der Waals surface area contributed by atoms with E-state index in [1.54, 1.807) is 0 Å². The first-order valence-electron chi connectivity index (χ1n) is 3.90. The Labute approximate surface area is 62.2 Å². The molecule has 0 aliphatic carbocycles. The van der Waals surface area contributed by atoms with Crippen LogP contribution in [0.4, 0.5) is 0 Å². The Morgan fingerprint density at radius 2 is 2.30 bits per heavy atom. The summed E-state index contributed by atoms with van der Waals surface area (Å²) >= 11 is 0. The third-order valence-electron chi connectivity index (χ3n) is 2.67. The van der Waals surface area contributed by atoms with Crippen molar-refractivity contribution in [2.75, 3.05) is 19.8 Å². The van der Waals surface area contributed by atoms with E-state index in [-0.39, 0.29) is 12.0 Å². The van der Waals surface area contributed by atoms with Gasteiger partial charge in [0.1, 0.15) is 0 Å². The molecule has 2 heteroatoms. The topological polar surface area (TPSA) is 29.5 Å². The quantitative estimate of drug-likeness (QED) is 0.627.